The Kier molecular flexibility index (Phi) is 6.73. The van der Waals surface area contributed by atoms with E-state index >= 15 is 0 Å². The third-order valence-electron chi connectivity index (χ3n) is 1.78. The van der Waals surface area contributed by atoms with Crippen molar-refractivity contribution in [1.82, 2.24) is 0 Å². The normalized spacial score (nSPS) is 11.9. The molecule has 14 heavy (non-hydrogen) atoms. The zero-order valence-electron chi connectivity index (χ0n) is 9.63. The third-order valence-corrected chi connectivity index (χ3v) is 1.78. The van der Waals surface area contributed by atoms with E-state index in [1.54, 1.807) is 13.0 Å². The molecule has 0 radical (unpaired) electrons. The number of carbonyl (C=O) groups excluding carboxylic acids is 1. The molecule has 0 saturated carbocycles. The standard InChI is InChI=1S/C13H20O/c1-11(2)7-5-8-12(3)9-6-10-13(4)14/h6-8,10H,5,9H2,1-4H3/b10-6+,12-8+. The van der Waals surface area contributed by atoms with Crippen LogP contribution in [0.3, 0.4) is 0 Å². The number of rotatable bonds is 5. The van der Waals surface area contributed by atoms with Gasteiger partial charge in [-0.05, 0) is 46.6 Å². The molecule has 1 nitrogen and oxygen atoms in total. The van der Waals surface area contributed by atoms with Gasteiger partial charge in [0.1, 0.15) is 0 Å². The monoisotopic (exact) mass is 192 g/mol. The van der Waals surface area contributed by atoms with E-state index in [0.29, 0.717) is 0 Å². The van der Waals surface area contributed by atoms with Gasteiger partial charge < -0.3 is 0 Å². The van der Waals surface area contributed by atoms with Crippen LogP contribution in [0.2, 0.25) is 0 Å². The lowest BCUT2D eigenvalue weighted by Gasteiger charge is -1.94. The molecule has 0 atom stereocenters. The zero-order chi connectivity index (χ0) is 11.0. The van der Waals surface area contributed by atoms with Gasteiger partial charge in [-0.1, -0.05) is 29.4 Å². The van der Waals surface area contributed by atoms with Crippen molar-refractivity contribution in [3.05, 3.63) is 35.5 Å². The maximum atomic E-state index is 10.6. The van der Waals surface area contributed by atoms with Gasteiger partial charge in [-0.2, -0.15) is 0 Å². The highest BCUT2D eigenvalue weighted by atomic mass is 16.1. The lowest BCUT2D eigenvalue weighted by molar-refractivity contribution is -0.112. The van der Waals surface area contributed by atoms with Gasteiger partial charge in [-0.25, -0.2) is 0 Å². The highest BCUT2D eigenvalue weighted by Gasteiger charge is 1.86. The summed E-state index contributed by atoms with van der Waals surface area (Å²) in [5.74, 6) is 0.113. The number of hydrogen-bond donors (Lipinski definition) is 0. The Hall–Kier alpha value is -1.11. The van der Waals surface area contributed by atoms with Crippen molar-refractivity contribution in [2.24, 2.45) is 0 Å². The van der Waals surface area contributed by atoms with Gasteiger partial charge in [0, 0.05) is 0 Å². The molecule has 0 amide bonds. The summed E-state index contributed by atoms with van der Waals surface area (Å²) in [6, 6.07) is 0. The molecule has 0 unspecified atom stereocenters. The van der Waals surface area contributed by atoms with Crippen molar-refractivity contribution in [3.63, 3.8) is 0 Å². The van der Waals surface area contributed by atoms with Crippen LogP contribution in [-0.4, -0.2) is 5.78 Å². The molecule has 0 saturated heterocycles. The minimum atomic E-state index is 0.113. The van der Waals surface area contributed by atoms with E-state index in [4.69, 9.17) is 0 Å². The van der Waals surface area contributed by atoms with Crippen LogP contribution in [0.25, 0.3) is 0 Å². The second kappa shape index (κ2) is 7.31. The topological polar surface area (TPSA) is 17.1 Å². The first-order valence-electron chi connectivity index (χ1n) is 4.98. The van der Waals surface area contributed by atoms with E-state index < -0.39 is 0 Å². The van der Waals surface area contributed by atoms with Crippen molar-refractivity contribution >= 4 is 5.78 Å². The Bertz CT molecular complexity index is 263. The first-order valence-corrected chi connectivity index (χ1v) is 4.98. The van der Waals surface area contributed by atoms with Crippen LogP contribution in [-0.2, 0) is 4.79 Å². The average molecular weight is 192 g/mol. The molecule has 78 valence electrons. The predicted molar refractivity (Wildman–Crippen MR) is 62.2 cm³/mol. The van der Waals surface area contributed by atoms with E-state index in [1.807, 2.05) is 6.08 Å². The minimum Gasteiger partial charge on any atom is -0.295 e. The molecule has 0 bridgehead atoms. The summed E-state index contributed by atoms with van der Waals surface area (Å²) in [5, 5.41) is 0. The van der Waals surface area contributed by atoms with Gasteiger partial charge in [0.15, 0.2) is 5.78 Å². The molecular weight excluding hydrogens is 172 g/mol. The summed E-state index contributed by atoms with van der Waals surface area (Å²) in [6.45, 7) is 7.85. The van der Waals surface area contributed by atoms with Crippen LogP contribution in [0.15, 0.2) is 35.5 Å². The Labute approximate surface area is 87.2 Å². The van der Waals surface area contributed by atoms with E-state index in [-0.39, 0.29) is 5.78 Å². The highest BCUT2D eigenvalue weighted by Crippen LogP contribution is 2.04. The number of allylic oxidation sites excluding steroid dienone is 6. The van der Waals surface area contributed by atoms with E-state index in [0.717, 1.165) is 12.8 Å². The molecule has 0 heterocycles. The van der Waals surface area contributed by atoms with Crippen LogP contribution in [0.5, 0.6) is 0 Å². The van der Waals surface area contributed by atoms with Gasteiger partial charge in [-0.15, -0.1) is 0 Å². The van der Waals surface area contributed by atoms with Crippen LogP contribution >= 0.6 is 0 Å². The maximum absolute atomic E-state index is 10.6. The number of carbonyl (C=O) groups is 1. The summed E-state index contributed by atoms with van der Waals surface area (Å²) in [5.41, 5.74) is 2.65. The smallest absolute Gasteiger partial charge is 0.152 e. The molecule has 0 fully saturated rings. The Morgan fingerprint density at radius 1 is 1.07 bits per heavy atom. The quantitative estimate of drug-likeness (QED) is 0.478. The third kappa shape index (κ3) is 8.98. The molecule has 0 aromatic carbocycles. The van der Waals surface area contributed by atoms with Gasteiger partial charge in [-0.3, -0.25) is 4.79 Å². The molecule has 0 spiro atoms. The Balaban J connectivity index is 3.90. The fraction of sp³-hybridized carbons (Fsp3) is 0.462. The summed E-state index contributed by atoms with van der Waals surface area (Å²) < 4.78 is 0. The minimum absolute atomic E-state index is 0.113. The Morgan fingerprint density at radius 2 is 1.71 bits per heavy atom. The second-order valence-electron chi connectivity index (χ2n) is 3.78. The highest BCUT2D eigenvalue weighted by molar-refractivity contribution is 5.87. The van der Waals surface area contributed by atoms with Crippen molar-refractivity contribution in [1.29, 1.82) is 0 Å². The first-order chi connectivity index (χ1) is 6.52. The van der Waals surface area contributed by atoms with Gasteiger partial charge in [0.25, 0.3) is 0 Å². The molecule has 0 aliphatic heterocycles. The fourth-order valence-corrected chi connectivity index (χ4v) is 0.990. The van der Waals surface area contributed by atoms with Gasteiger partial charge in [0.05, 0.1) is 0 Å². The summed E-state index contributed by atoms with van der Waals surface area (Å²) >= 11 is 0. The molecule has 0 aromatic heterocycles. The van der Waals surface area contributed by atoms with E-state index in [9.17, 15) is 4.79 Å². The lowest BCUT2D eigenvalue weighted by Crippen LogP contribution is -1.80. The van der Waals surface area contributed by atoms with E-state index in [2.05, 4.69) is 32.9 Å². The lowest BCUT2D eigenvalue weighted by atomic mass is 10.1. The van der Waals surface area contributed by atoms with Crippen LogP contribution in [0, 0.1) is 0 Å². The van der Waals surface area contributed by atoms with Crippen molar-refractivity contribution in [3.8, 4) is 0 Å². The predicted octanol–water partition coefficient (Wildman–Crippen LogP) is 3.82. The van der Waals surface area contributed by atoms with Crippen molar-refractivity contribution < 1.29 is 4.79 Å². The van der Waals surface area contributed by atoms with Gasteiger partial charge in [0.2, 0.25) is 0 Å². The zero-order valence-corrected chi connectivity index (χ0v) is 9.63. The number of ketones is 1. The van der Waals surface area contributed by atoms with Crippen molar-refractivity contribution in [2.45, 2.75) is 40.5 Å². The molecule has 0 aliphatic carbocycles. The van der Waals surface area contributed by atoms with Crippen LogP contribution < -0.4 is 0 Å². The second-order valence-corrected chi connectivity index (χ2v) is 3.78. The largest absolute Gasteiger partial charge is 0.295 e. The average Bonchev–Trinajstić information content (AvgIpc) is 2.02. The Morgan fingerprint density at radius 3 is 2.21 bits per heavy atom. The molecule has 0 rings (SSSR count). The molecular formula is C13H20O. The molecule has 0 aliphatic rings. The van der Waals surface area contributed by atoms with E-state index in [1.165, 1.54) is 11.1 Å². The van der Waals surface area contributed by atoms with Gasteiger partial charge >= 0.3 is 0 Å². The van der Waals surface area contributed by atoms with Crippen LogP contribution in [0.1, 0.15) is 40.5 Å². The van der Waals surface area contributed by atoms with Crippen molar-refractivity contribution in [2.75, 3.05) is 0 Å². The summed E-state index contributed by atoms with van der Waals surface area (Å²) in [7, 11) is 0. The van der Waals surface area contributed by atoms with Crippen LogP contribution in [0.4, 0.5) is 0 Å². The number of hydrogen-bond acceptors (Lipinski definition) is 1. The SMILES string of the molecule is CC(=O)/C=C/C/C(C)=C/CC=C(C)C. The molecule has 1 heteroatoms. The molecule has 0 N–H and O–H groups in total. The molecule has 0 aromatic rings. The summed E-state index contributed by atoms with van der Waals surface area (Å²) in [6.07, 6.45) is 9.78. The fourth-order valence-electron chi connectivity index (χ4n) is 0.990. The maximum Gasteiger partial charge on any atom is 0.152 e. The summed E-state index contributed by atoms with van der Waals surface area (Å²) in [4.78, 5) is 10.6. The first kappa shape index (κ1) is 12.9.